The van der Waals surface area contributed by atoms with Crippen molar-refractivity contribution in [2.75, 3.05) is 32.9 Å². The van der Waals surface area contributed by atoms with Crippen LogP contribution in [-0.4, -0.2) is 49.0 Å². The Morgan fingerprint density at radius 2 is 1.82 bits per heavy atom. The molecule has 0 aromatic heterocycles. The first-order valence-electron chi connectivity index (χ1n) is 7.26. The molecule has 0 aromatic carbocycles. The Balaban J connectivity index is 1.56. The fourth-order valence-corrected chi connectivity index (χ4v) is 4.05. The molecule has 3 rings (SSSR count). The molecule has 0 radical (unpaired) electrons. The van der Waals surface area contributed by atoms with Crippen LogP contribution in [0.25, 0.3) is 0 Å². The van der Waals surface area contributed by atoms with Crippen molar-refractivity contribution < 1.29 is 9.84 Å². The van der Waals surface area contributed by atoms with Gasteiger partial charge in [0.15, 0.2) is 0 Å². The van der Waals surface area contributed by atoms with Crippen molar-refractivity contribution in [2.45, 2.75) is 44.6 Å². The quantitative estimate of drug-likeness (QED) is 0.795. The van der Waals surface area contributed by atoms with Gasteiger partial charge in [0.2, 0.25) is 0 Å². The summed E-state index contributed by atoms with van der Waals surface area (Å²) in [5.41, 5.74) is 0.579. The van der Waals surface area contributed by atoms with Crippen LogP contribution < -0.4 is 0 Å². The van der Waals surface area contributed by atoms with Gasteiger partial charge in [-0.15, -0.1) is 0 Å². The van der Waals surface area contributed by atoms with Crippen LogP contribution in [0.2, 0.25) is 0 Å². The van der Waals surface area contributed by atoms with Crippen LogP contribution in [-0.2, 0) is 4.74 Å². The van der Waals surface area contributed by atoms with Crippen molar-refractivity contribution in [3.05, 3.63) is 0 Å². The van der Waals surface area contributed by atoms with Gasteiger partial charge in [-0.05, 0) is 31.6 Å². The van der Waals surface area contributed by atoms with Gasteiger partial charge in [0.05, 0.1) is 0 Å². The van der Waals surface area contributed by atoms with Crippen molar-refractivity contribution >= 4 is 0 Å². The molecule has 0 amide bonds. The SMILES string of the molecule is OCC1CCCCC1N1CC2(CCOCC2)C1. The molecule has 2 aliphatic heterocycles. The van der Waals surface area contributed by atoms with E-state index in [9.17, 15) is 5.11 Å². The first kappa shape index (κ1) is 11.9. The summed E-state index contributed by atoms with van der Waals surface area (Å²) < 4.78 is 5.47. The largest absolute Gasteiger partial charge is 0.396 e. The average molecular weight is 239 g/mol. The Morgan fingerprint density at radius 3 is 2.53 bits per heavy atom. The van der Waals surface area contributed by atoms with Gasteiger partial charge in [-0.2, -0.15) is 0 Å². The number of likely N-dealkylation sites (tertiary alicyclic amines) is 1. The van der Waals surface area contributed by atoms with Crippen molar-refractivity contribution in [3.8, 4) is 0 Å². The van der Waals surface area contributed by atoms with Crippen LogP contribution in [0.15, 0.2) is 0 Å². The standard InChI is InChI=1S/C14H25NO2/c16-9-12-3-1-2-4-13(12)15-10-14(11-15)5-7-17-8-6-14/h12-13,16H,1-11H2. The second kappa shape index (κ2) is 4.87. The molecule has 1 N–H and O–H groups in total. The van der Waals surface area contributed by atoms with E-state index in [1.165, 1.54) is 51.6 Å². The molecule has 2 saturated heterocycles. The zero-order chi connectivity index (χ0) is 11.7. The maximum Gasteiger partial charge on any atom is 0.0474 e. The summed E-state index contributed by atoms with van der Waals surface area (Å²) in [6, 6.07) is 0.669. The molecular formula is C14H25NO2. The highest BCUT2D eigenvalue weighted by Gasteiger charge is 2.47. The molecule has 3 heteroatoms. The first-order chi connectivity index (χ1) is 8.33. The van der Waals surface area contributed by atoms with Crippen LogP contribution in [0.4, 0.5) is 0 Å². The van der Waals surface area contributed by atoms with Crippen LogP contribution in [0.1, 0.15) is 38.5 Å². The van der Waals surface area contributed by atoms with E-state index >= 15 is 0 Å². The topological polar surface area (TPSA) is 32.7 Å². The Kier molecular flexibility index (Phi) is 3.42. The van der Waals surface area contributed by atoms with Gasteiger partial charge in [-0.1, -0.05) is 12.8 Å². The van der Waals surface area contributed by atoms with Crippen LogP contribution in [0, 0.1) is 11.3 Å². The van der Waals surface area contributed by atoms with E-state index < -0.39 is 0 Å². The molecular weight excluding hydrogens is 214 g/mol. The minimum absolute atomic E-state index is 0.386. The second-order valence-electron chi connectivity index (χ2n) is 6.31. The van der Waals surface area contributed by atoms with E-state index in [2.05, 4.69) is 4.90 Å². The Morgan fingerprint density at radius 1 is 1.12 bits per heavy atom. The van der Waals surface area contributed by atoms with Gasteiger partial charge < -0.3 is 9.84 Å². The number of hydrogen-bond donors (Lipinski definition) is 1. The van der Waals surface area contributed by atoms with E-state index in [1.54, 1.807) is 0 Å². The third-order valence-corrected chi connectivity index (χ3v) is 5.20. The number of aliphatic hydroxyl groups is 1. The lowest BCUT2D eigenvalue weighted by Crippen LogP contribution is -2.63. The van der Waals surface area contributed by atoms with Crippen molar-refractivity contribution in [3.63, 3.8) is 0 Å². The van der Waals surface area contributed by atoms with Gasteiger partial charge in [0.25, 0.3) is 0 Å². The van der Waals surface area contributed by atoms with Gasteiger partial charge in [-0.25, -0.2) is 0 Å². The predicted molar refractivity (Wildman–Crippen MR) is 66.9 cm³/mol. The van der Waals surface area contributed by atoms with Gasteiger partial charge in [0, 0.05) is 44.4 Å². The van der Waals surface area contributed by atoms with Crippen molar-refractivity contribution in [2.24, 2.45) is 11.3 Å². The van der Waals surface area contributed by atoms with Gasteiger partial charge >= 0.3 is 0 Å². The summed E-state index contributed by atoms with van der Waals surface area (Å²) in [4.78, 5) is 2.64. The molecule has 1 aliphatic carbocycles. The lowest BCUT2D eigenvalue weighted by atomic mass is 9.70. The summed E-state index contributed by atoms with van der Waals surface area (Å²) >= 11 is 0. The molecule has 3 fully saturated rings. The maximum absolute atomic E-state index is 9.49. The molecule has 2 heterocycles. The normalized spacial score (nSPS) is 37.9. The summed E-state index contributed by atoms with van der Waals surface area (Å²) in [6.07, 6.45) is 7.70. The highest BCUT2D eigenvalue weighted by Crippen LogP contribution is 2.43. The number of aliphatic hydroxyl groups excluding tert-OH is 1. The third kappa shape index (κ3) is 2.25. The summed E-state index contributed by atoms with van der Waals surface area (Å²) in [7, 11) is 0. The monoisotopic (exact) mass is 239 g/mol. The van der Waals surface area contributed by atoms with E-state index in [0.29, 0.717) is 24.0 Å². The lowest BCUT2D eigenvalue weighted by Gasteiger charge is -2.57. The Labute approximate surface area is 104 Å². The van der Waals surface area contributed by atoms with Crippen LogP contribution in [0.5, 0.6) is 0 Å². The van der Waals surface area contributed by atoms with Crippen LogP contribution in [0.3, 0.4) is 0 Å². The van der Waals surface area contributed by atoms with E-state index in [1.807, 2.05) is 0 Å². The molecule has 2 unspecified atom stereocenters. The number of nitrogens with zero attached hydrogens (tertiary/aromatic N) is 1. The molecule has 3 nitrogen and oxygen atoms in total. The predicted octanol–water partition coefficient (Wildman–Crippen LogP) is 1.65. The fraction of sp³-hybridized carbons (Fsp3) is 1.00. The molecule has 1 saturated carbocycles. The zero-order valence-corrected chi connectivity index (χ0v) is 10.7. The number of hydrogen-bond acceptors (Lipinski definition) is 3. The maximum atomic E-state index is 9.49. The molecule has 2 atom stereocenters. The molecule has 0 aromatic rings. The fourth-order valence-electron chi connectivity index (χ4n) is 4.05. The third-order valence-electron chi connectivity index (χ3n) is 5.20. The molecule has 0 bridgehead atoms. The lowest BCUT2D eigenvalue weighted by molar-refractivity contribution is -0.114. The number of rotatable bonds is 2. The molecule has 17 heavy (non-hydrogen) atoms. The summed E-state index contributed by atoms with van der Waals surface area (Å²) in [5, 5.41) is 9.49. The summed E-state index contributed by atoms with van der Waals surface area (Å²) in [5.74, 6) is 0.543. The molecule has 1 spiro atoms. The second-order valence-corrected chi connectivity index (χ2v) is 6.31. The Bertz CT molecular complexity index is 255. The van der Waals surface area contributed by atoms with Crippen molar-refractivity contribution in [1.29, 1.82) is 0 Å². The number of ether oxygens (including phenoxy) is 1. The summed E-state index contributed by atoms with van der Waals surface area (Å²) in [6.45, 7) is 4.83. The van der Waals surface area contributed by atoms with E-state index in [0.717, 1.165) is 13.2 Å². The average Bonchev–Trinajstić information content (AvgIpc) is 2.37. The van der Waals surface area contributed by atoms with Gasteiger partial charge in [-0.3, -0.25) is 4.90 Å². The van der Waals surface area contributed by atoms with Gasteiger partial charge in [0.1, 0.15) is 0 Å². The first-order valence-corrected chi connectivity index (χ1v) is 7.26. The van der Waals surface area contributed by atoms with Crippen molar-refractivity contribution in [1.82, 2.24) is 4.90 Å². The highest BCUT2D eigenvalue weighted by atomic mass is 16.5. The highest BCUT2D eigenvalue weighted by molar-refractivity contribution is 5.00. The smallest absolute Gasteiger partial charge is 0.0474 e. The Hall–Kier alpha value is -0.120. The minimum atomic E-state index is 0.386. The van der Waals surface area contributed by atoms with E-state index in [4.69, 9.17) is 4.74 Å². The minimum Gasteiger partial charge on any atom is -0.396 e. The van der Waals surface area contributed by atoms with E-state index in [-0.39, 0.29) is 0 Å². The molecule has 98 valence electrons. The molecule has 3 aliphatic rings. The van der Waals surface area contributed by atoms with Crippen LogP contribution >= 0.6 is 0 Å². The zero-order valence-electron chi connectivity index (χ0n) is 10.7.